The van der Waals surface area contributed by atoms with Gasteiger partial charge in [0.25, 0.3) is 0 Å². The van der Waals surface area contributed by atoms with Crippen LogP contribution in [0.15, 0.2) is 60.3 Å². The number of allylic oxidation sites excluding steroid dienone is 6. The van der Waals surface area contributed by atoms with Crippen LogP contribution in [0.4, 0.5) is 0 Å². The van der Waals surface area contributed by atoms with Crippen molar-refractivity contribution in [2.24, 2.45) is 0 Å². The second-order valence-corrected chi connectivity index (χ2v) is 4.67. The zero-order chi connectivity index (χ0) is 15.9. The molecule has 0 spiro atoms. The molecule has 2 rings (SSSR count). The quantitative estimate of drug-likeness (QED) is 0.730. The predicted molar refractivity (Wildman–Crippen MR) is 81.0 cm³/mol. The second kappa shape index (κ2) is 7.31. The minimum absolute atomic E-state index is 0.185. The van der Waals surface area contributed by atoms with E-state index in [1.54, 1.807) is 9.80 Å². The first-order valence-corrected chi connectivity index (χ1v) is 6.74. The van der Waals surface area contributed by atoms with Crippen molar-refractivity contribution in [1.29, 1.82) is 0 Å². The number of methoxy groups -OCH3 is 2. The molecule has 2 heterocycles. The van der Waals surface area contributed by atoms with Crippen molar-refractivity contribution in [1.82, 2.24) is 9.80 Å². The summed E-state index contributed by atoms with van der Waals surface area (Å²) >= 11 is 0. The smallest absolute Gasteiger partial charge is 0.325 e. The second-order valence-electron chi connectivity index (χ2n) is 4.67. The Morgan fingerprint density at radius 3 is 1.36 bits per heavy atom. The van der Waals surface area contributed by atoms with Crippen LogP contribution >= 0.6 is 0 Å². The summed E-state index contributed by atoms with van der Waals surface area (Å²) in [5.41, 5.74) is 2.04. The summed E-state index contributed by atoms with van der Waals surface area (Å²) in [5, 5.41) is 0. The minimum atomic E-state index is -0.290. The molecular weight excluding hydrogens is 284 g/mol. The molecular formula is C16H18N2O4. The van der Waals surface area contributed by atoms with Crippen LogP contribution in [0.3, 0.4) is 0 Å². The maximum atomic E-state index is 11.2. The molecule has 6 heteroatoms. The summed E-state index contributed by atoms with van der Waals surface area (Å²) in [4.78, 5) is 25.9. The topological polar surface area (TPSA) is 59.1 Å². The standard InChI is InChI=1S/C16H18N2O4/c1-21-15(19)11-17-7-3-13(4-8-17)14-5-9-18(10-6-14)12-16(20)22-2/h3-10H,11-12H2,1-2H3. The van der Waals surface area contributed by atoms with Crippen LogP contribution in [0, 0.1) is 0 Å². The van der Waals surface area contributed by atoms with Gasteiger partial charge in [-0.25, -0.2) is 0 Å². The van der Waals surface area contributed by atoms with Crippen LogP contribution < -0.4 is 0 Å². The number of rotatable bonds is 4. The summed E-state index contributed by atoms with van der Waals surface area (Å²) in [5.74, 6) is -0.581. The maximum Gasteiger partial charge on any atom is 0.325 e. The van der Waals surface area contributed by atoms with Crippen LogP contribution in [0.25, 0.3) is 0 Å². The van der Waals surface area contributed by atoms with E-state index in [2.05, 4.69) is 9.47 Å². The van der Waals surface area contributed by atoms with Gasteiger partial charge in [-0.1, -0.05) is 0 Å². The van der Waals surface area contributed by atoms with Gasteiger partial charge in [0.15, 0.2) is 0 Å². The molecule has 0 aromatic carbocycles. The largest absolute Gasteiger partial charge is 0.468 e. The summed E-state index contributed by atoms with van der Waals surface area (Å²) in [6, 6.07) is 0. The van der Waals surface area contributed by atoms with Gasteiger partial charge in [-0.05, 0) is 35.5 Å². The third-order valence-electron chi connectivity index (χ3n) is 3.19. The molecule has 0 bridgehead atoms. The molecule has 0 atom stereocenters. The van der Waals surface area contributed by atoms with Crippen LogP contribution in [0.1, 0.15) is 0 Å². The first-order valence-electron chi connectivity index (χ1n) is 6.74. The fraction of sp³-hybridized carbons (Fsp3) is 0.250. The highest BCUT2D eigenvalue weighted by atomic mass is 16.5. The van der Waals surface area contributed by atoms with E-state index in [0.29, 0.717) is 0 Å². The van der Waals surface area contributed by atoms with Crippen molar-refractivity contribution in [3.05, 3.63) is 60.3 Å². The maximum absolute atomic E-state index is 11.2. The summed E-state index contributed by atoms with van der Waals surface area (Å²) in [6.07, 6.45) is 15.0. The molecule has 0 saturated carbocycles. The average molecular weight is 302 g/mol. The van der Waals surface area contributed by atoms with E-state index in [9.17, 15) is 9.59 Å². The normalized spacial score (nSPS) is 16.3. The monoisotopic (exact) mass is 302 g/mol. The van der Waals surface area contributed by atoms with E-state index >= 15 is 0 Å². The lowest BCUT2D eigenvalue weighted by molar-refractivity contribution is -0.141. The Bertz CT molecular complexity index is 515. The predicted octanol–water partition coefficient (Wildman–Crippen LogP) is 1.31. The SMILES string of the molecule is COC(=O)CN1C=CC(=C2C=CN(CC(=O)OC)C=C2)C=C1. The first kappa shape index (κ1) is 15.6. The minimum Gasteiger partial charge on any atom is -0.468 e. The lowest BCUT2D eigenvalue weighted by Gasteiger charge is -2.20. The highest BCUT2D eigenvalue weighted by molar-refractivity contribution is 5.72. The van der Waals surface area contributed by atoms with E-state index < -0.39 is 0 Å². The molecule has 6 nitrogen and oxygen atoms in total. The van der Waals surface area contributed by atoms with Crippen molar-refractivity contribution in [2.75, 3.05) is 27.3 Å². The Balaban J connectivity index is 1.98. The van der Waals surface area contributed by atoms with Crippen LogP contribution in [-0.4, -0.2) is 49.0 Å². The first-order chi connectivity index (χ1) is 10.6. The third-order valence-corrected chi connectivity index (χ3v) is 3.19. The van der Waals surface area contributed by atoms with E-state index in [1.807, 2.05) is 49.1 Å². The van der Waals surface area contributed by atoms with E-state index in [1.165, 1.54) is 14.2 Å². The number of esters is 2. The van der Waals surface area contributed by atoms with Gasteiger partial charge in [-0.3, -0.25) is 9.59 Å². The molecule has 0 saturated heterocycles. The number of hydrogen-bond acceptors (Lipinski definition) is 6. The Kier molecular flexibility index (Phi) is 5.19. The zero-order valence-electron chi connectivity index (χ0n) is 12.6. The van der Waals surface area contributed by atoms with Gasteiger partial charge in [0, 0.05) is 24.8 Å². The molecule has 0 aromatic rings. The molecule has 0 aliphatic carbocycles. The molecule has 22 heavy (non-hydrogen) atoms. The highest BCUT2D eigenvalue weighted by Gasteiger charge is 2.11. The van der Waals surface area contributed by atoms with E-state index in [4.69, 9.17) is 0 Å². The van der Waals surface area contributed by atoms with Crippen molar-refractivity contribution in [3.63, 3.8) is 0 Å². The van der Waals surface area contributed by atoms with Crippen molar-refractivity contribution in [2.45, 2.75) is 0 Å². The van der Waals surface area contributed by atoms with Crippen LogP contribution in [0.2, 0.25) is 0 Å². The highest BCUT2D eigenvalue weighted by Crippen LogP contribution is 2.19. The molecule has 116 valence electrons. The zero-order valence-corrected chi connectivity index (χ0v) is 12.6. The Labute approximate surface area is 129 Å². The van der Waals surface area contributed by atoms with Crippen molar-refractivity contribution < 1.29 is 19.1 Å². The molecule has 2 aliphatic rings. The number of carbonyl (C=O) groups excluding carboxylic acids is 2. The molecule has 0 N–H and O–H groups in total. The van der Waals surface area contributed by atoms with Gasteiger partial charge in [-0.15, -0.1) is 0 Å². The van der Waals surface area contributed by atoms with E-state index in [0.717, 1.165) is 11.1 Å². The summed E-state index contributed by atoms with van der Waals surface area (Å²) in [6.45, 7) is 0.370. The summed E-state index contributed by atoms with van der Waals surface area (Å²) < 4.78 is 9.25. The average Bonchev–Trinajstić information content (AvgIpc) is 2.56. The fourth-order valence-electron chi connectivity index (χ4n) is 1.94. The van der Waals surface area contributed by atoms with Gasteiger partial charge in [0.1, 0.15) is 13.1 Å². The molecule has 0 aromatic heterocycles. The molecule has 0 fully saturated rings. The molecule has 2 aliphatic heterocycles. The van der Waals surface area contributed by atoms with Crippen molar-refractivity contribution in [3.8, 4) is 0 Å². The van der Waals surface area contributed by atoms with Gasteiger partial charge < -0.3 is 19.3 Å². The fourth-order valence-corrected chi connectivity index (χ4v) is 1.94. The Morgan fingerprint density at radius 1 is 0.773 bits per heavy atom. The number of nitrogens with zero attached hydrogens (tertiary/aromatic N) is 2. The number of hydrogen-bond donors (Lipinski definition) is 0. The molecule has 0 amide bonds. The Morgan fingerprint density at radius 2 is 1.09 bits per heavy atom. The van der Waals surface area contributed by atoms with Gasteiger partial charge in [0.2, 0.25) is 0 Å². The summed E-state index contributed by atoms with van der Waals surface area (Å²) in [7, 11) is 2.73. The van der Waals surface area contributed by atoms with Crippen molar-refractivity contribution >= 4 is 11.9 Å². The molecule has 0 radical (unpaired) electrons. The lowest BCUT2D eigenvalue weighted by atomic mass is 10.0. The molecule has 0 unspecified atom stereocenters. The van der Waals surface area contributed by atoms with E-state index in [-0.39, 0.29) is 25.0 Å². The number of ether oxygens (including phenoxy) is 2. The Hall–Kier alpha value is -2.76. The van der Waals surface area contributed by atoms with Crippen LogP contribution in [-0.2, 0) is 19.1 Å². The number of carbonyl (C=O) groups is 2. The van der Waals surface area contributed by atoms with Gasteiger partial charge >= 0.3 is 11.9 Å². The van der Waals surface area contributed by atoms with Gasteiger partial charge in [0.05, 0.1) is 14.2 Å². The van der Waals surface area contributed by atoms with Gasteiger partial charge in [-0.2, -0.15) is 0 Å². The lowest BCUT2D eigenvalue weighted by Crippen LogP contribution is -2.23. The third kappa shape index (κ3) is 4.12. The van der Waals surface area contributed by atoms with Crippen LogP contribution in [0.5, 0.6) is 0 Å².